The number of imide groups is 2. The summed E-state index contributed by atoms with van der Waals surface area (Å²) in [4.78, 5) is 73.5. The molecule has 1 aliphatic heterocycles. The van der Waals surface area contributed by atoms with Gasteiger partial charge in [0, 0.05) is 31.5 Å². The number of ketones is 1. The molecule has 1 fully saturated rings. The number of hydrogen-bond acceptors (Lipinski definition) is 7. The van der Waals surface area contributed by atoms with Gasteiger partial charge in [-0.2, -0.15) is 11.8 Å². The molecule has 1 saturated heterocycles. The molecule has 1 heterocycles. The van der Waals surface area contributed by atoms with Crippen LogP contribution in [-0.2, 0) is 30.4 Å². The topological polar surface area (TPSA) is 142 Å². The lowest BCUT2D eigenvalue weighted by Crippen LogP contribution is -2.49. The summed E-state index contributed by atoms with van der Waals surface area (Å²) in [7, 11) is 0. The number of carbonyl (C=O) groups excluding carboxylic acids is 6. The Morgan fingerprint density at radius 1 is 1.11 bits per heavy atom. The summed E-state index contributed by atoms with van der Waals surface area (Å²) in [5, 5.41) is 7.05. The molecular formula is C24H32N4O6S. The monoisotopic (exact) mass is 504 g/mol. The van der Waals surface area contributed by atoms with Gasteiger partial charge in [0.2, 0.25) is 17.7 Å². The van der Waals surface area contributed by atoms with Crippen LogP contribution in [-0.4, -0.2) is 64.4 Å². The van der Waals surface area contributed by atoms with Crippen molar-refractivity contribution in [2.24, 2.45) is 0 Å². The molecule has 0 aromatic heterocycles. The van der Waals surface area contributed by atoms with Crippen LogP contribution in [0.15, 0.2) is 24.3 Å². The van der Waals surface area contributed by atoms with Crippen molar-refractivity contribution in [1.82, 2.24) is 15.5 Å². The number of nitrogens with zero attached hydrogens (tertiary/aromatic N) is 1. The number of amides is 6. The lowest BCUT2D eigenvalue weighted by Gasteiger charge is -2.19. The zero-order chi connectivity index (χ0) is 26.0. The Kier molecular flexibility index (Phi) is 10.9. The van der Waals surface area contributed by atoms with Gasteiger partial charge in [-0.05, 0) is 50.1 Å². The number of rotatable bonds is 12. The van der Waals surface area contributed by atoms with E-state index in [-0.39, 0.29) is 54.6 Å². The standard InChI is InChI=1S/C24H32N4O6S/c1-4-20(30)26-18(7-5-6-12-28-21(31)14-19(35-3)23(28)33)22(32)27-24(34)25-17-10-8-16(9-11-17)13-15(2)29/h8-11,18-19H,4-7,12-14H2,1-3H3,(H,26,30)(H2,25,27,32,34). The smallest absolute Gasteiger partial charge is 0.325 e. The Labute approximate surface area is 208 Å². The number of unbranched alkanes of at least 4 members (excludes halogenated alkanes) is 1. The van der Waals surface area contributed by atoms with E-state index < -0.39 is 18.0 Å². The normalized spacial score (nSPS) is 16.1. The molecule has 2 rings (SSSR count). The first-order valence-corrected chi connectivity index (χ1v) is 12.8. The molecule has 2 atom stereocenters. The highest BCUT2D eigenvalue weighted by Crippen LogP contribution is 2.23. The second-order valence-corrected chi connectivity index (χ2v) is 9.34. The van der Waals surface area contributed by atoms with Gasteiger partial charge in [-0.25, -0.2) is 4.79 Å². The zero-order valence-electron chi connectivity index (χ0n) is 20.2. The van der Waals surface area contributed by atoms with E-state index in [2.05, 4.69) is 16.0 Å². The van der Waals surface area contributed by atoms with Gasteiger partial charge in [0.15, 0.2) is 0 Å². The third kappa shape index (κ3) is 8.82. The molecule has 190 valence electrons. The van der Waals surface area contributed by atoms with E-state index in [0.717, 1.165) is 5.56 Å². The number of carbonyl (C=O) groups is 6. The first-order chi connectivity index (χ1) is 16.6. The number of hydrogen-bond donors (Lipinski definition) is 3. The summed E-state index contributed by atoms with van der Waals surface area (Å²) in [6, 6.07) is 4.99. The third-order valence-electron chi connectivity index (χ3n) is 5.49. The summed E-state index contributed by atoms with van der Waals surface area (Å²) in [6.07, 6.45) is 3.64. The zero-order valence-corrected chi connectivity index (χ0v) is 21.0. The summed E-state index contributed by atoms with van der Waals surface area (Å²) >= 11 is 1.35. The van der Waals surface area contributed by atoms with Gasteiger partial charge < -0.3 is 10.6 Å². The number of nitrogens with one attached hydrogen (secondary N) is 3. The van der Waals surface area contributed by atoms with Gasteiger partial charge in [-0.1, -0.05) is 19.1 Å². The molecule has 0 bridgehead atoms. The van der Waals surface area contributed by atoms with Crippen LogP contribution in [0.25, 0.3) is 0 Å². The highest BCUT2D eigenvalue weighted by atomic mass is 32.2. The number of likely N-dealkylation sites (tertiary alicyclic amines) is 1. The van der Waals surface area contributed by atoms with E-state index in [9.17, 15) is 28.8 Å². The minimum atomic E-state index is -0.935. The first-order valence-electron chi connectivity index (χ1n) is 11.5. The van der Waals surface area contributed by atoms with Crippen LogP contribution in [0.2, 0.25) is 0 Å². The van der Waals surface area contributed by atoms with E-state index in [4.69, 9.17) is 0 Å². The third-order valence-corrected chi connectivity index (χ3v) is 6.42. The van der Waals surface area contributed by atoms with Crippen LogP contribution in [0.4, 0.5) is 10.5 Å². The molecule has 1 aliphatic rings. The Morgan fingerprint density at radius 2 is 1.80 bits per heavy atom. The van der Waals surface area contributed by atoms with Crippen LogP contribution in [0.3, 0.4) is 0 Å². The number of urea groups is 1. The predicted octanol–water partition coefficient (Wildman–Crippen LogP) is 2.02. The van der Waals surface area contributed by atoms with Gasteiger partial charge >= 0.3 is 6.03 Å². The molecule has 6 amide bonds. The van der Waals surface area contributed by atoms with Gasteiger partial charge in [-0.3, -0.25) is 34.2 Å². The summed E-state index contributed by atoms with van der Waals surface area (Å²) < 4.78 is 0. The largest absolute Gasteiger partial charge is 0.344 e. The molecule has 35 heavy (non-hydrogen) atoms. The molecule has 0 saturated carbocycles. The van der Waals surface area contributed by atoms with E-state index in [1.165, 1.54) is 23.6 Å². The van der Waals surface area contributed by atoms with E-state index in [0.29, 0.717) is 24.9 Å². The van der Waals surface area contributed by atoms with Crippen LogP contribution in [0.5, 0.6) is 0 Å². The van der Waals surface area contributed by atoms with Crippen molar-refractivity contribution >= 4 is 52.9 Å². The summed E-state index contributed by atoms with van der Waals surface area (Å²) in [6.45, 7) is 3.40. The molecule has 11 heteroatoms. The van der Waals surface area contributed by atoms with Crippen LogP contribution >= 0.6 is 11.8 Å². The lowest BCUT2D eigenvalue weighted by molar-refractivity contribution is -0.138. The molecule has 1 aromatic carbocycles. The maximum absolute atomic E-state index is 12.7. The Morgan fingerprint density at radius 3 is 2.37 bits per heavy atom. The van der Waals surface area contributed by atoms with E-state index >= 15 is 0 Å². The van der Waals surface area contributed by atoms with Crippen molar-refractivity contribution in [2.75, 3.05) is 18.1 Å². The minimum Gasteiger partial charge on any atom is -0.344 e. The molecule has 0 radical (unpaired) electrons. The molecule has 10 nitrogen and oxygen atoms in total. The Balaban J connectivity index is 1.87. The summed E-state index contributed by atoms with van der Waals surface area (Å²) in [5.74, 6) is -1.36. The first kappa shape index (κ1) is 28.0. The van der Waals surface area contributed by atoms with E-state index in [1.54, 1.807) is 37.4 Å². The quantitative estimate of drug-likeness (QED) is 0.292. The van der Waals surface area contributed by atoms with Crippen molar-refractivity contribution in [2.45, 2.75) is 63.7 Å². The molecule has 2 unspecified atom stereocenters. The van der Waals surface area contributed by atoms with Crippen molar-refractivity contribution in [3.05, 3.63) is 29.8 Å². The molecule has 0 spiro atoms. The van der Waals surface area contributed by atoms with E-state index in [1.807, 2.05) is 0 Å². The highest BCUT2D eigenvalue weighted by molar-refractivity contribution is 8.00. The van der Waals surface area contributed by atoms with Crippen molar-refractivity contribution < 1.29 is 28.8 Å². The number of anilines is 1. The molecule has 0 aliphatic carbocycles. The van der Waals surface area contributed by atoms with Crippen molar-refractivity contribution in [3.63, 3.8) is 0 Å². The second kappa shape index (κ2) is 13.6. The maximum atomic E-state index is 12.7. The lowest BCUT2D eigenvalue weighted by atomic mass is 10.1. The predicted molar refractivity (Wildman–Crippen MR) is 133 cm³/mol. The van der Waals surface area contributed by atoms with Gasteiger partial charge in [0.25, 0.3) is 5.91 Å². The Bertz CT molecular complexity index is 965. The second-order valence-electron chi connectivity index (χ2n) is 8.30. The summed E-state index contributed by atoms with van der Waals surface area (Å²) in [5.41, 5.74) is 1.25. The van der Waals surface area contributed by atoms with Crippen LogP contribution < -0.4 is 16.0 Å². The fraction of sp³-hybridized carbons (Fsp3) is 0.500. The van der Waals surface area contributed by atoms with Crippen molar-refractivity contribution in [1.29, 1.82) is 0 Å². The maximum Gasteiger partial charge on any atom is 0.325 e. The molecule has 1 aromatic rings. The minimum absolute atomic E-state index is 0.0250. The van der Waals surface area contributed by atoms with Crippen molar-refractivity contribution in [3.8, 4) is 0 Å². The number of Topliss-reactive ketones (excluding diaryl/α,β-unsaturated/α-hetero) is 1. The molecular weight excluding hydrogens is 472 g/mol. The van der Waals surface area contributed by atoms with Crippen LogP contribution in [0, 0.1) is 0 Å². The average Bonchev–Trinajstić information content (AvgIpc) is 3.09. The van der Waals surface area contributed by atoms with Gasteiger partial charge in [-0.15, -0.1) is 0 Å². The fourth-order valence-electron chi connectivity index (χ4n) is 3.61. The van der Waals surface area contributed by atoms with Gasteiger partial charge in [0.05, 0.1) is 5.25 Å². The average molecular weight is 505 g/mol. The van der Waals surface area contributed by atoms with Crippen LogP contribution in [0.1, 0.15) is 51.5 Å². The highest BCUT2D eigenvalue weighted by Gasteiger charge is 2.37. The van der Waals surface area contributed by atoms with Gasteiger partial charge in [0.1, 0.15) is 11.8 Å². The number of thioether (sulfide) groups is 1. The number of benzene rings is 1. The molecule has 3 N–H and O–H groups in total. The fourth-order valence-corrected chi connectivity index (χ4v) is 4.25. The Hall–Kier alpha value is -3.21. The SMILES string of the molecule is CCC(=O)NC(CCCCN1C(=O)CC(SC)C1=O)C(=O)NC(=O)Nc1ccc(CC(C)=O)cc1.